The van der Waals surface area contributed by atoms with E-state index in [1.54, 1.807) is 18.0 Å². The number of hydrogen-bond donors (Lipinski definition) is 0. The van der Waals surface area contributed by atoms with Gasteiger partial charge in [-0.05, 0) is 37.1 Å². The van der Waals surface area contributed by atoms with E-state index < -0.39 is 0 Å². The van der Waals surface area contributed by atoms with Crippen LogP contribution in [0.1, 0.15) is 5.56 Å². The van der Waals surface area contributed by atoms with Crippen LogP contribution >= 0.6 is 35.1 Å². The Kier molecular flexibility index (Phi) is 4.39. The van der Waals surface area contributed by atoms with Crippen molar-refractivity contribution in [1.29, 1.82) is 0 Å². The Hall–Kier alpha value is -1.33. The molecule has 0 unspecified atom stereocenters. The first kappa shape index (κ1) is 16.2. The molecule has 0 bridgehead atoms. The largest absolute Gasteiger partial charge is 0.485 e. The van der Waals surface area contributed by atoms with Gasteiger partial charge in [0.15, 0.2) is 0 Å². The maximum absolute atomic E-state index is 6.47. The summed E-state index contributed by atoms with van der Waals surface area (Å²) in [5.74, 6) is 0.746. The molecular formula is C18H15Cl2NO2S. The lowest BCUT2D eigenvalue weighted by Crippen LogP contribution is -2.38. The number of halogens is 2. The van der Waals surface area contributed by atoms with E-state index in [4.69, 9.17) is 32.7 Å². The summed E-state index contributed by atoms with van der Waals surface area (Å²) in [5.41, 5.74) is 2.10. The maximum atomic E-state index is 6.47. The lowest BCUT2D eigenvalue weighted by molar-refractivity contribution is -0.0790. The number of aromatic nitrogens is 1. The zero-order chi connectivity index (χ0) is 16.7. The number of ether oxygens (including phenoxy) is 2. The molecule has 124 valence electrons. The monoisotopic (exact) mass is 379 g/mol. The second kappa shape index (κ2) is 6.52. The van der Waals surface area contributed by atoms with E-state index in [9.17, 15) is 0 Å². The molecule has 6 heteroatoms. The van der Waals surface area contributed by atoms with Gasteiger partial charge in [0, 0.05) is 22.5 Å². The molecule has 1 saturated heterocycles. The summed E-state index contributed by atoms with van der Waals surface area (Å²) in [7, 11) is 0. The first-order chi connectivity index (χ1) is 11.6. The van der Waals surface area contributed by atoms with Crippen molar-refractivity contribution in [2.24, 2.45) is 0 Å². The fraction of sp³-hybridized carbons (Fsp3) is 0.222. The minimum absolute atomic E-state index is 0.0820. The SMILES string of the molecule is Cc1ccc(Sn2ccc3c(OC4COC4)cc(Cl)c(Cl)c32)cc1. The smallest absolute Gasteiger partial charge is 0.145 e. The number of aryl methyl sites for hydroxylation is 1. The van der Waals surface area contributed by atoms with Crippen molar-refractivity contribution in [2.75, 3.05) is 13.2 Å². The third-order valence-corrected chi connectivity index (χ3v) is 5.68. The molecule has 3 nitrogen and oxygen atoms in total. The van der Waals surface area contributed by atoms with Crippen LogP contribution in [-0.2, 0) is 4.74 Å². The minimum atomic E-state index is 0.0820. The zero-order valence-electron chi connectivity index (χ0n) is 13.0. The van der Waals surface area contributed by atoms with Gasteiger partial charge < -0.3 is 9.47 Å². The number of fused-ring (bicyclic) bond motifs is 1. The highest BCUT2D eigenvalue weighted by atomic mass is 35.5. The number of benzene rings is 2. The molecule has 0 saturated carbocycles. The van der Waals surface area contributed by atoms with E-state index in [-0.39, 0.29) is 6.10 Å². The van der Waals surface area contributed by atoms with Crippen LogP contribution in [0.25, 0.3) is 10.9 Å². The van der Waals surface area contributed by atoms with Gasteiger partial charge in [0.25, 0.3) is 0 Å². The minimum Gasteiger partial charge on any atom is -0.485 e. The van der Waals surface area contributed by atoms with Crippen LogP contribution in [0.2, 0.25) is 10.0 Å². The van der Waals surface area contributed by atoms with Crippen LogP contribution in [0.5, 0.6) is 5.75 Å². The first-order valence-corrected chi connectivity index (χ1v) is 9.13. The van der Waals surface area contributed by atoms with Gasteiger partial charge in [-0.2, -0.15) is 0 Å². The second-order valence-corrected chi connectivity index (χ2v) is 7.59. The van der Waals surface area contributed by atoms with Crippen LogP contribution in [0.15, 0.2) is 47.5 Å². The molecule has 2 aromatic carbocycles. The van der Waals surface area contributed by atoms with Gasteiger partial charge in [-0.3, -0.25) is 3.97 Å². The normalized spacial score (nSPS) is 14.8. The average molecular weight is 380 g/mol. The summed E-state index contributed by atoms with van der Waals surface area (Å²) in [6.07, 6.45) is 2.07. The Morgan fingerprint density at radius 2 is 1.92 bits per heavy atom. The van der Waals surface area contributed by atoms with Gasteiger partial charge in [-0.1, -0.05) is 40.9 Å². The van der Waals surface area contributed by atoms with Crippen molar-refractivity contribution in [3.8, 4) is 5.75 Å². The van der Waals surface area contributed by atoms with Crippen molar-refractivity contribution in [3.63, 3.8) is 0 Å². The van der Waals surface area contributed by atoms with E-state index in [1.807, 2.05) is 16.2 Å². The van der Waals surface area contributed by atoms with Gasteiger partial charge in [0.05, 0.1) is 28.8 Å². The average Bonchev–Trinajstić information content (AvgIpc) is 2.94. The second-order valence-electron chi connectivity index (χ2n) is 5.76. The molecule has 0 N–H and O–H groups in total. The highest BCUT2D eigenvalue weighted by molar-refractivity contribution is 7.98. The first-order valence-electron chi connectivity index (χ1n) is 7.60. The van der Waals surface area contributed by atoms with E-state index in [0.717, 1.165) is 21.5 Å². The van der Waals surface area contributed by atoms with Crippen molar-refractivity contribution < 1.29 is 9.47 Å². The van der Waals surface area contributed by atoms with Crippen LogP contribution in [0.3, 0.4) is 0 Å². The summed E-state index contributed by atoms with van der Waals surface area (Å²) in [4.78, 5) is 1.13. The highest BCUT2D eigenvalue weighted by Gasteiger charge is 2.23. The zero-order valence-corrected chi connectivity index (χ0v) is 15.3. The molecule has 0 radical (unpaired) electrons. The van der Waals surface area contributed by atoms with E-state index in [1.165, 1.54) is 5.56 Å². The third-order valence-electron chi connectivity index (χ3n) is 3.92. The van der Waals surface area contributed by atoms with Crippen LogP contribution in [-0.4, -0.2) is 23.3 Å². The fourth-order valence-electron chi connectivity index (χ4n) is 2.55. The molecule has 0 aliphatic carbocycles. The van der Waals surface area contributed by atoms with Crippen molar-refractivity contribution >= 4 is 46.1 Å². The number of rotatable bonds is 4. The van der Waals surface area contributed by atoms with Crippen LogP contribution in [0, 0.1) is 6.92 Å². The summed E-state index contributed by atoms with van der Waals surface area (Å²) in [5, 5.41) is 1.98. The van der Waals surface area contributed by atoms with Crippen LogP contribution in [0.4, 0.5) is 0 Å². The fourth-order valence-corrected chi connectivity index (χ4v) is 3.92. The highest BCUT2D eigenvalue weighted by Crippen LogP contribution is 2.41. The van der Waals surface area contributed by atoms with Gasteiger partial charge in [-0.25, -0.2) is 0 Å². The molecular weight excluding hydrogens is 365 g/mol. The lowest BCUT2D eigenvalue weighted by atomic mass is 10.2. The molecule has 1 aliphatic heterocycles. The van der Waals surface area contributed by atoms with E-state index >= 15 is 0 Å². The molecule has 0 amide bonds. The Morgan fingerprint density at radius 1 is 1.17 bits per heavy atom. The quantitative estimate of drug-likeness (QED) is 0.590. The molecule has 1 aromatic heterocycles. The van der Waals surface area contributed by atoms with Crippen LogP contribution < -0.4 is 4.74 Å². The molecule has 0 spiro atoms. The van der Waals surface area contributed by atoms with E-state index in [0.29, 0.717) is 23.3 Å². The molecule has 24 heavy (non-hydrogen) atoms. The van der Waals surface area contributed by atoms with Gasteiger partial charge in [0.2, 0.25) is 0 Å². The van der Waals surface area contributed by atoms with Gasteiger partial charge in [0.1, 0.15) is 11.9 Å². The summed E-state index contributed by atoms with van der Waals surface area (Å²) < 4.78 is 13.2. The van der Waals surface area contributed by atoms with Crippen molar-refractivity contribution in [1.82, 2.24) is 3.97 Å². The molecule has 4 rings (SSSR count). The predicted molar refractivity (Wildman–Crippen MR) is 99.6 cm³/mol. The lowest BCUT2D eigenvalue weighted by Gasteiger charge is -2.27. The van der Waals surface area contributed by atoms with E-state index in [2.05, 4.69) is 31.2 Å². The summed E-state index contributed by atoms with van der Waals surface area (Å²) >= 11 is 14.4. The maximum Gasteiger partial charge on any atom is 0.145 e. The topological polar surface area (TPSA) is 23.4 Å². The Balaban J connectivity index is 1.74. The molecule has 1 aliphatic rings. The molecule has 0 atom stereocenters. The Bertz CT molecular complexity index is 888. The number of nitrogens with zero attached hydrogens (tertiary/aromatic N) is 1. The standard InChI is InChI=1S/C18H15Cl2NO2S/c1-11-2-4-13(5-3-11)24-21-7-6-14-16(23-12-9-22-10-12)8-15(19)17(20)18(14)21/h2-8,12H,9-10H2,1H3. The predicted octanol–water partition coefficient (Wildman–Crippen LogP) is 5.59. The molecule has 2 heterocycles. The van der Waals surface area contributed by atoms with Crippen molar-refractivity contribution in [2.45, 2.75) is 17.9 Å². The third kappa shape index (κ3) is 3.00. The molecule has 3 aromatic rings. The van der Waals surface area contributed by atoms with Crippen molar-refractivity contribution in [3.05, 3.63) is 58.2 Å². The van der Waals surface area contributed by atoms with Gasteiger partial charge >= 0.3 is 0 Å². The molecule has 1 fully saturated rings. The Morgan fingerprint density at radius 3 is 2.58 bits per heavy atom. The number of hydrogen-bond acceptors (Lipinski definition) is 3. The Labute approximate surface area is 154 Å². The summed E-state index contributed by atoms with van der Waals surface area (Å²) in [6, 6.07) is 12.2. The summed E-state index contributed by atoms with van der Waals surface area (Å²) in [6.45, 7) is 3.30. The van der Waals surface area contributed by atoms with Gasteiger partial charge in [-0.15, -0.1) is 0 Å².